The van der Waals surface area contributed by atoms with Crippen molar-refractivity contribution in [1.82, 2.24) is 19.5 Å². The number of hydrogen-bond acceptors (Lipinski definition) is 6. The topological polar surface area (TPSA) is 96.3 Å². The molecule has 150 valence electrons. The van der Waals surface area contributed by atoms with E-state index in [1.165, 1.54) is 23.1 Å². The van der Waals surface area contributed by atoms with Crippen LogP contribution in [0.5, 0.6) is 0 Å². The number of hydrazine groups is 1. The molecule has 29 heavy (non-hydrogen) atoms. The fraction of sp³-hybridized carbons (Fsp3) is 0.111. The summed E-state index contributed by atoms with van der Waals surface area (Å²) in [4.78, 5) is 19.0. The number of hydrogen-bond donors (Lipinski definition) is 2. The minimum atomic E-state index is -4.00. The van der Waals surface area contributed by atoms with Gasteiger partial charge in [-0.2, -0.15) is 0 Å². The number of nitrogens with one attached hydrogen (secondary N) is 2. The van der Waals surface area contributed by atoms with Crippen LogP contribution >= 0.6 is 24.4 Å². The largest absolute Gasteiger partial charge is 0.287 e. The Kier molecular flexibility index (Phi) is 6.33. The second kappa shape index (κ2) is 8.74. The summed E-state index contributed by atoms with van der Waals surface area (Å²) in [6.45, 7) is 0. The fourth-order valence-corrected chi connectivity index (χ4v) is 4.03. The van der Waals surface area contributed by atoms with Crippen LogP contribution in [0, 0.1) is 4.64 Å². The third-order valence-electron chi connectivity index (χ3n) is 3.83. The van der Waals surface area contributed by atoms with Crippen LogP contribution in [0.2, 0.25) is 0 Å². The van der Waals surface area contributed by atoms with Crippen LogP contribution in [-0.2, 0) is 14.8 Å². The zero-order valence-corrected chi connectivity index (χ0v) is 17.7. The molecule has 1 heterocycles. The molecular formula is C18H17N5O3S3. The van der Waals surface area contributed by atoms with Gasteiger partial charge in [0.1, 0.15) is 21.7 Å². The van der Waals surface area contributed by atoms with E-state index in [0.29, 0.717) is 21.1 Å². The third-order valence-corrected chi connectivity index (χ3v) is 5.95. The summed E-state index contributed by atoms with van der Waals surface area (Å²) in [5, 5.41) is 1.84. The first-order valence-corrected chi connectivity index (χ1v) is 10.8. The van der Waals surface area contributed by atoms with Crippen molar-refractivity contribution >= 4 is 56.3 Å². The molecule has 0 spiro atoms. The van der Waals surface area contributed by atoms with Crippen molar-refractivity contribution in [2.75, 3.05) is 18.2 Å². The van der Waals surface area contributed by atoms with Crippen molar-refractivity contribution in [1.29, 1.82) is 0 Å². The number of carbonyl (C=O) groups excluding carboxylic acids is 1. The van der Waals surface area contributed by atoms with E-state index in [9.17, 15) is 13.2 Å². The molecule has 8 nitrogen and oxygen atoms in total. The van der Waals surface area contributed by atoms with Gasteiger partial charge in [0, 0.05) is 18.0 Å². The monoisotopic (exact) mass is 447 g/mol. The molecule has 0 atom stereocenters. The quantitative estimate of drug-likeness (QED) is 0.441. The Labute approximate surface area is 178 Å². The van der Waals surface area contributed by atoms with Crippen molar-refractivity contribution in [3.63, 3.8) is 0 Å². The van der Waals surface area contributed by atoms with Gasteiger partial charge >= 0.3 is 0 Å². The lowest BCUT2D eigenvalue weighted by Gasteiger charge is -2.21. The molecule has 0 aliphatic rings. The van der Waals surface area contributed by atoms with Crippen LogP contribution in [0.1, 0.15) is 5.56 Å². The maximum Gasteiger partial charge on any atom is 0.255 e. The molecule has 0 aliphatic carbocycles. The first kappa shape index (κ1) is 21.0. The van der Waals surface area contributed by atoms with E-state index < -0.39 is 21.7 Å². The van der Waals surface area contributed by atoms with Crippen molar-refractivity contribution in [3.8, 4) is 0 Å². The van der Waals surface area contributed by atoms with Gasteiger partial charge in [-0.25, -0.2) is 18.1 Å². The van der Waals surface area contributed by atoms with Crippen molar-refractivity contribution < 1.29 is 13.2 Å². The average Bonchev–Trinajstić information content (AvgIpc) is 2.69. The minimum Gasteiger partial charge on any atom is -0.287 e. The Morgan fingerprint density at radius 3 is 2.52 bits per heavy atom. The molecule has 0 radical (unpaired) electrons. The molecule has 0 unspecified atom stereocenters. The predicted octanol–water partition coefficient (Wildman–Crippen LogP) is 1.98. The number of para-hydroxylation sites is 1. The molecule has 2 N–H and O–H groups in total. The molecular weight excluding hydrogens is 430 g/mol. The normalized spacial score (nSPS) is 11.2. The number of carbonyl (C=O) groups is 1. The van der Waals surface area contributed by atoms with E-state index in [1.807, 2.05) is 12.1 Å². The zero-order valence-electron chi connectivity index (χ0n) is 15.3. The Bertz CT molecular complexity index is 1230. The molecule has 3 rings (SSSR count). The molecule has 0 bridgehead atoms. The second-order valence-electron chi connectivity index (χ2n) is 6.05. The fourth-order valence-electron chi connectivity index (χ4n) is 2.54. The lowest BCUT2D eigenvalue weighted by Crippen LogP contribution is -2.46. The number of amides is 1. The van der Waals surface area contributed by atoms with Gasteiger partial charge in [0.05, 0.1) is 5.52 Å². The molecule has 1 amide bonds. The molecule has 0 saturated carbocycles. The number of fused-ring (bicyclic) bond motifs is 1. The first-order valence-electron chi connectivity index (χ1n) is 8.36. The Morgan fingerprint density at radius 1 is 1.14 bits per heavy atom. The number of nitrogens with zero attached hydrogens (tertiary/aromatic N) is 3. The first-order chi connectivity index (χ1) is 13.8. The van der Waals surface area contributed by atoms with Gasteiger partial charge in [-0.1, -0.05) is 66.9 Å². The van der Waals surface area contributed by atoms with Crippen LogP contribution in [-0.4, -0.2) is 46.8 Å². The third kappa shape index (κ3) is 5.21. The summed E-state index contributed by atoms with van der Waals surface area (Å²) in [5.41, 5.74) is 3.78. The van der Waals surface area contributed by atoms with Gasteiger partial charge in [0.2, 0.25) is 10.0 Å². The lowest BCUT2D eigenvalue weighted by molar-refractivity contribution is -0.114. The van der Waals surface area contributed by atoms with Crippen molar-refractivity contribution in [2.45, 2.75) is 0 Å². The molecule has 0 aliphatic heterocycles. The minimum absolute atomic E-state index is 0.274. The smallest absolute Gasteiger partial charge is 0.255 e. The Hall–Kier alpha value is -2.73. The van der Waals surface area contributed by atoms with Crippen molar-refractivity contribution in [3.05, 3.63) is 71.1 Å². The van der Waals surface area contributed by atoms with Crippen LogP contribution in [0.4, 0.5) is 0 Å². The number of benzene rings is 2. The van der Waals surface area contributed by atoms with Gasteiger partial charge in [0.15, 0.2) is 0 Å². The number of sulfonamides is 1. The molecule has 0 saturated heterocycles. The maximum atomic E-state index is 12.4. The van der Waals surface area contributed by atoms with E-state index in [0.717, 1.165) is 0 Å². The van der Waals surface area contributed by atoms with Gasteiger partial charge in [-0.3, -0.25) is 15.2 Å². The highest BCUT2D eigenvalue weighted by Crippen LogP contribution is 2.11. The van der Waals surface area contributed by atoms with Crippen LogP contribution in [0.3, 0.4) is 0 Å². The summed E-state index contributed by atoms with van der Waals surface area (Å²) in [6, 6.07) is 16.1. The lowest BCUT2D eigenvalue weighted by atomic mass is 10.2. The summed E-state index contributed by atoms with van der Waals surface area (Å²) < 4.78 is 26.2. The summed E-state index contributed by atoms with van der Waals surface area (Å²) in [7, 11) is -2.53. The molecule has 0 fully saturated rings. The molecule has 2 aromatic carbocycles. The Morgan fingerprint density at radius 2 is 1.79 bits per heavy atom. The molecule has 1 aromatic heterocycles. The zero-order chi connectivity index (χ0) is 21.0. The van der Waals surface area contributed by atoms with Crippen LogP contribution in [0.25, 0.3) is 10.9 Å². The van der Waals surface area contributed by atoms with Crippen molar-refractivity contribution in [2.24, 2.45) is 0 Å². The SMILES string of the molecule is CN(NS(=O)(=O)CC(=O)Nn1cnc2ccccc2c1=S)C(=S)c1ccccc1. The summed E-state index contributed by atoms with van der Waals surface area (Å²) in [5.74, 6) is -1.59. The number of aromatic nitrogens is 2. The highest BCUT2D eigenvalue weighted by atomic mass is 32.2. The van der Waals surface area contributed by atoms with E-state index in [-0.39, 0.29) is 4.99 Å². The standard InChI is InChI=1S/C18H17N5O3S3/c1-22(17(27)13-7-3-2-4-8-13)21-29(25,26)11-16(24)20-23-12-19-15-10-6-5-9-14(15)18(23)28/h2-10,12,21H,11H2,1H3,(H,20,24). The van der Waals surface area contributed by atoms with Gasteiger partial charge in [-0.05, 0) is 12.1 Å². The molecule has 11 heteroatoms. The maximum absolute atomic E-state index is 12.4. The number of rotatable bonds is 6. The highest BCUT2D eigenvalue weighted by Gasteiger charge is 2.20. The molecule has 3 aromatic rings. The highest BCUT2D eigenvalue weighted by molar-refractivity contribution is 7.90. The Balaban J connectivity index is 1.67. The predicted molar refractivity (Wildman–Crippen MR) is 118 cm³/mol. The van der Waals surface area contributed by atoms with Crippen LogP contribution in [0.15, 0.2) is 60.9 Å². The average molecular weight is 448 g/mol. The van der Waals surface area contributed by atoms with E-state index in [1.54, 1.807) is 42.5 Å². The summed E-state index contributed by atoms with van der Waals surface area (Å²) in [6.07, 6.45) is 1.33. The summed E-state index contributed by atoms with van der Waals surface area (Å²) >= 11 is 10.6. The van der Waals surface area contributed by atoms with Crippen LogP contribution < -0.4 is 10.3 Å². The van der Waals surface area contributed by atoms with Gasteiger partial charge in [0.25, 0.3) is 5.91 Å². The van der Waals surface area contributed by atoms with E-state index >= 15 is 0 Å². The number of thiocarbonyl (C=S) groups is 1. The van der Waals surface area contributed by atoms with Gasteiger partial charge < -0.3 is 0 Å². The van der Waals surface area contributed by atoms with E-state index in [2.05, 4.69) is 15.2 Å². The van der Waals surface area contributed by atoms with Gasteiger partial charge in [-0.15, -0.1) is 4.83 Å². The van der Waals surface area contributed by atoms with E-state index in [4.69, 9.17) is 24.4 Å². The second-order valence-corrected chi connectivity index (χ2v) is 8.53.